The number of hydrogen-bond acceptors (Lipinski definition) is 1. The first-order valence-corrected chi connectivity index (χ1v) is 9.70. The fourth-order valence-corrected chi connectivity index (χ4v) is 3.60. The van der Waals surface area contributed by atoms with Crippen LogP contribution in [0.3, 0.4) is 0 Å². The van der Waals surface area contributed by atoms with Crippen LogP contribution in [0.4, 0.5) is 0 Å². The molecule has 0 fully saturated rings. The predicted molar refractivity (Wildman–Crippen MR) is 112 cm³/mol. The Morgan fingerprint density at radius 3 is 1.23 bits per heavy atom. The molecule has 140 valence electrons. The van der Waals surface area contributed by atoms with Gasteiger partial charge in [-0.2, -0.15) is 0 Å². The van der Waals surface area contributed by atoms with Crippen LogP contribution >= 0.6 is 0 Å². The molecule has 26 heavy (non-hydrogen) atoms. The molecule has 0 amide bonds. The molecule has 2 rings (SSSR count). The van der Waals surface area contributed by atoms with Gasteiger partial charge in [0.05, 0.1) is 0 Å². The minimum atomic E-state index is -0.0660. The predicted octanol–water partition coefficient (Wildman–Crippen LogP) is 7.00. The largest absolute Gasteiger partial charge is 0.298 e. The molecular weight excluding hydrogens is 316 g/mol. The van der Waals surface area contributed by atoms with Gasteiger partial charge in [-0.3, -0.25) is 4.79 Å². The highest BCUT2D eigenvalue weighted by molar-refractivity contribution is 5.91. The normalized spacial score (nSPS) is 14.7. The molecule has 0 N–H and O–H groups in total. The standard InChI is InChI=1S/C25H34O/c1-24(2,3)17-21(19-13-9-7-10-14-19)23(26)22(18-25(4,5)6)20-15-11-8-12-16-20/h7-16,21-22H,17-18H2,1-6H3. The molecule has 0 bridgehead atoms. The van der Waals surface area contributed by atoms with Crippen molar-refractivity contribution in [3.05, 3.63) is 71.8 Å². The van der Waals surface area contributed by atoms with Crippen LogP contribution in [0.5, 0.6) is 0 Å². The van der Waals surface area contributed by atoms with E-state index in [1.807, 2.05) is 36.4 Å². The quantitative estimate of drug-likeness (QED) is 0.548. The topological polar surface area (TPSA) is 17.1 Å². The van der Waals surface area contributed by atoms with Crippen molar-refractivity contribution in [2.45, 2.75) is 66.2 Å². The highest BCUT2D eigenvalue weighted by Gasteiger charge is 2.34. The average Bonchev–Trinajstić information content (AvgIpc) is 2.57. The Morgan fingerprint density at radius 1 is 0.654 bits per heavy atom. The van der Waals surface area contributed by atoms with Gasteiger partial charge in [0.15, 0.2) is 0 Å². The maximum absolute atomic E-state index is 13.8. The molecule has 0 aliphatic heterocycles. The van der Waals surface area contributed by atoms with Crippen LogP contribution in [-0.4, -0.2) is 5.78 Å². The summed E-state index contributed by atoms with van der Waals surface area (Å²) >= 11 is 0. The lowest BCUT2D eigenvalue weighted by atomic mass is 9.71. The third kappa shape index (κ3) is 6.12. The average molecular weight is 351 g/mol. The highest BCUT2D eigenvalue weighted by atomic mass is 16.1. The molecule has 2 aromatic rings. The number of ketones is 1. The van der Waals surface area contributed by atoms with Gasteiger partial charge < -0.3 is 0 Å². The minimum absolute atomic E-state index is 0.0660. The van der Waals surface area contributed by atoms with Crippen LogP contribution in [0.15, 0.2) is 60.7 Å². The van der Waals surface area contributed by atoms with Crippen molar-refractivity contribution in [1.29, 1.82) is 0 Å². The van der Waals surface area contributed by atoms with Crippen LogP contribution < -0.4 is 0 Å². The van der Waals surface area contributed by atoms with Crippen LogP contribution in [0.2, 0.25) is 0 Å². The number of carbonyl (C=O) groups is 1. The monoisotopic (exact) mass is 350 g/mol. The first kappa shape index (κ1) is 20.4. The van der Waals surface area contributed by atoms with Gasteiger partial charge in [-0.25, -0.2) is 0 Å². The Kier molecular flexibility index (Phi) is 6.44. The number of rotatable bonds is 6. The molecule has 2 unspecified atom stereocenters. The molecule has 0 saturated carbocycles. The van der Waals surface area contributed by atoms with E-state index in [4.69, 9.17) is 0 Å². The van der Waals surface area contributed by atoms with E-state index in [9.17, 15) is 4.79 Å². The lowest BCUT2D eigenvalue weighted by molar-refractivity contribution is -0.123. The third-order valence-electron chi connectivity index (χ3n) is 4.72. The Morgan fingerprint density at radius 2 is 0.962 bits per heavy atom. The molecule has 1 heteroatoms. The Bertz CT molecular complexity index is 625. The molecule has 1 nitrogen and oxygen atoms in total. The van der Waals surface area contributed by atoms with Gasteiger partial charge in [-0.15, -0.1) is 0 Å². The summed E-state index contributed by atoms with van der Waals surface area (Å²) in [5, 5.41) is 0. The lowest BCUT2D eigenvalue weighted by Gasteiger charge is -2.31. The summed E-state index contributed by atoms with van der Waals surface area (Å²) in [6, 6.07) is 20.6. The van der Waals surface area contributed by atoms with E-state index in [1.165, 1.54) is 0 Å². The van der Waals surface area contributed by atoms with Crippen LogP contribution in [0.25, 0.3) is 0 Å². The van der Waals surface area contributed by atoms with Crippen molar-refractivity contribution in [1.82, 2.24) is 0 Å². The maximum Gasteiger partial charge on any atom is 0.147 e. The molecule has 0 heterocycles. The second-order valence-corrected chi connectivity index (χ2v) is 9.86. The second-order valence-electron chi connectivity index (χ2n) is 9.86. The summed E-state index contributed by atoms with van der Waals surface area (Å²) in [6.07, 6.45) is 1.73. The van der Waals surface area contributed by atoms with Gasteiger partial charge in [0.25, 0.3) is 0 Å². The van der Waals surface area contributed by atoms with Gasteiger partial charge >= 0.3 is 0 Å². The highest BCUT2D eigenvalue weighted by Crippen LogP contribution is 2.40. The summed E-state index contributed by atoms with van der Waals surface area (Å²) in [7, 11) is 0. The van der Waals surface area contributed by atoms with Gasteiger partial charge in [0.1, 0.15) is 5.78 Å². The Labute approximate surface area is 159 Å². The summed E-state index contributed by atoms with van der Waals surface area (Å²) in [4.78, 5) is 13.8. The van der Waals surface area contributed by atoms with E-state index in [0.29, 0.717) is 5.78 Å². The van der Waals surface area contributed by atoms with Crippen molar-refractivity contribution in [2.24, 2.45) is 10.8 Å². The zero-order valence-corrected chi connectivity index (χ0v) is 17.3. The zero-order valence-electron chi connectivity index (χ0n) is 17.3. The molecule has 0 spiro atoms. The van der Waals surface area contributed by atoms with Crippen molar-refractivity contribution < 1.29 is 4.79 Å². The zero-order chi connectivity index (χ0) is 19.4. The van der Waals surface area contributed by atoms with Crippen molar-refractivity contribution >= 4 is 5.78 Å². The number of carbonyl (C=O) groups excluding carboxylic acids is 1. The van der Waals surface area contributed by atoms with E-state index in [0.717, 1.165) is 24.0 Å². The van der Waals surface area contributed by atoms with Crippen molar-refractivity contribution in [2.75, 3.05) is 0 Å². The van der Waals surface area contributed by atoms with E-state index in [1.54, 1.807) is 0 Å². The van der Waals surface area contributed by atoms with E-state index >= 15 is 0 Å². The van der Waals surface area contributed by atoms with Gasteiger partial charge in [-0.05, 0) is 34.8 Å². The van der Waals surface area contributed by atoms with Crippen molar-refractivity contribution in [3.8, 4) is 0 Å². The molecular formula is C25H34O. The number of benzene rings is 2. The number of hydrogen-bond donors (Lipinski definition) is 0. The SMILES string of the molecule is CC(C)(C)CC(C(=O)C(CC(C)(C)C)c1ccccc1)c1ccccc1. The summed E-state index contributed by atoms with van der Waals surface area (Å²) in [6.45, 7) is 13.3. The fraction of sp³-hybridized carbons (Fsp3) is 0.480. The maximum atomic E-state index is 13.8. The Balaban J connectivity index is 2.44. The lowest BCUT2D eigenvalue weighted by Crippen LogP contribution is -2.27. The van der Waals surface area contributed by atoms with Crippen LogP contribution in [0, 0.1) is 10.8 Å². The molecule has 0 radical (unpaired) electrons. The molecule has 2 aromatic carbocycles. The molecule has 0 aromatic heterocycles. The molecule has 0 aliphatic rings. The first-order chi connectivity index (χ1) is 12.1. The first-order valence-electron chi connectivity index (χ1n) is 9.70. The molecule has 0 aliphatic carbocycles. The number of Topliss-reactive ketones (excluding diaryl/α,β-unsaturated/α-hetero) is 1. The fourth-order valence-electron chi connectivity index (χ4n) is 3.60. The minimum Gasteiger partial charge on any atom is -0.298 e. The van der Waals surface area contributed by atoms with Gasteiger partial charge in [-0.1, -0.05) is 102 Å². The van der Waals surface area contributed by atoms with Crippen molar-refractivity contribution in [3.63, 3.8) is 0 Å². The summed E-state index contributed by atoms with van der Waals surface area (Å²) in [5.74, 6) is 0.222. The Hall–Kier alpha value is -1.89. The third-order valence-corrected chi connectivity index (χ3v) is 4.72. The van der Waals surface area contributed by atoms with E-state index in [2.05, 4.69) is 65.8 Å². The smallest absolute Gasteiger partial charge is 0.147 e. The molecule has 0 saturated heterocycles. The molecule has 2 atom stereocenters. The van der Waals surface area contributed by atoms with Crippen LogP contribution in [-0.2, 0) is 4.79 Å². The van der Waals surface area contributed by atoms with E-state index < -0.39 is 0 Å². The van der Waals surface area contributed by atoms with Gasteiger partial charge in [0, 0.05) is 11.8 Å². The summed E-state index contributed by atoms with van der Waals surface area (Å²) < 4.78 is 0. The second kappa shape index (κ2) is 8.20. The van der Waals surface area contributed by atoms with Gasteiger partial charge in [0.2, 0.25) is 0 Å². The van der Waals surface area contributed by atoms with E-state index in [-0.39, 0.29) is 22.7 Å². The summed E-state index contributed by atoms with van der Waals surface area (Å²) in [5.41, 5.74) is 2.47. The van der Waals surface area contributed by atoms with Crippen LogP contribution in [0.1, 0.15) is 77.3 Å².